The molecule has 134 valence electrons. The summed E-state index contributed by atoms with van der Waals surface area (Å²) >= 11 is 0. The molecule has 1 saturated carbocycles. The standard InChI is InChI=1S/C18H23N3O3S/c1-20(16-10-6-7-11-17(16)25(2,23)24)18(22)15-12-13-21(19-15)14-8-4-3-5-9-14/h3-5,8-9,12-13,16-17H,6-7,10-11H2,1-2H3. The van der Waals surface area contributed by atoms with Gasteiger partial charge in [-0.3, -0.25) is 4.79 Å². The van der Waals surface area contributed by atoms with E-state index in [1.807, 2.05) is 30.3 Å². The predicted molar refractivity (Wildman–Crippen MR) is 96.5 cm³/mol. The average Bonchev–Trinajstić information content (AvgIpc) is 3.10. The Labute approximate surface area is 148 Å². The number of amides is 1. The van der Waals surface area contributed by atoms with Gasteiger partial charge >= 0.3 is 0 Å². The fourth-order valence-electron chi connectivity index (χ4n) is 3.51. The van der Waals surface area contributed by atoms with E-state index >= 15 is 0 Å². The number of sulfone groups is 1. The van der Waals surface area contributed by atoms with Crippen LogP contribution in [0.3, 0.4) is 0 Å². The van der Waals surface area contributed by atoms with Crippen LogP contribution < -0.4 is 0 Å². The van der Waals surface area contributed by atoms with Gasteiger partial charge in [-0.25, -0.2) is 13.1 Å². The van der Waals surface area contributed by atoms with Gasteiger partial charge in [-0.15, -0.1) is 0 Å². The second kappa shape index (κ2) is 7.00. The lowest BCUT2D eigenvalue weighted by molar-refractivity contribution is 0.0694. The average molecular weight is 361 g/mol. The number of carbonyl (C=O) groups is 1. The third-order valence-corrected chi connectivity index (χ3v) is 6.51. The fraction of sp³-hybridized carbons (Fsp3) is 0.444. The Hall–Kier alpha value is -2.15. The van der Waals surface area contributed by atoms with Crippen LogP contribution in [0, 0.1) is 0 Å². The Kier molecular flexibility index (Phi) is 4.94. The van der Waals surface area contributed by atoms with Crippen molar-refractivity contribution in [1.29, 1.82) is 0 Å². The lowest BCUT2D eigenvalue weighted by atomic mass is 9.93. The smallest absolute Gasteiger partial charge is 0.274 e. The minimum absolute atomic E-state index is 0.241. The van der Waals surface area contributed by atoms with Gasteiger partial charge < -0.3 is 4.90 Å². The first-order valence-electron chi connectivity index (χ1n) is 8.45. The summed E-state index contributed by atoms with van der Waals surface area (Å²) in [5, 5.41) is 3.87. The number of hydrogen-bond donors (Lipinski definition) is 0. The minimum Gasteiger partial charge on any atom is -0.336 e. The molecule has 0 aliphatic heterocycles. The molecule has 1 amide bonds. The van der Waals surface area contributed by atoms with Gasteiger partial charge in [-0.2, -0.15) is 5.10 Å². The van der Waals surface area contributed by atoms with E-state index < -0.39 is 15.1 Å². The van der Waals surface area contributed by atoms with Gasteiger partial charge in [0.05, 0.1) is 10.9 Å². The molecule has 6 nitrogen and oxygen atoms in total. The quantitative estimate of drug-likeness (QED) is 0.838. The summed E-state index contributed by atoms with van der Waals surface area (Å²) in [7, 11) is -1.51. The summed E-state index contributed by atoms with van der Waals surface area (Å²) in [5.41, 5.74) is 1.19. The largest absolute Gasteiger partial charge is 0.336 e. The number of nitrogens with zero attached hydrogens (tertiary/aromatic N) is 3. The number of carbonyl (C=O) groups excluding carboxylic acids is 1. The van der Waals surface area contributed by atoms with E-state index in [9.17, 15) is 13.2 Å². The molecular weight excluding hydrogens is 338 g/mol. The first-order valence-corrected chi connectivity index (χ1v) is 10.4. The number of benzene rings is 1. The Morgan fingerprint density at radius 1 is 1.16 bits per heavy atom. The highest BCUT2D eigenvalue weighted by Gasteiger charge is 2.37. The molecule has 0 saturated heterocycles. The van der Waals surface area contributed by atoms with Gasteiger partial charge in [0.25, 0.3) is 5.91 Å². The molecule has 1 aromatic carbocycles. The van der Waals surface area contributed by atoms with Gasteiger partial charge in [-0.05, 0) is 31.0 Å². The third-order valence-electron chi connectivity index (χ3n) is 4.86. The van der Waals surface area contributed by atoms with Gasteiger partial charge in [0.2, 0.25) is 0 Å². The maximum absolute atomic E-state index is 12.8. The van der Waals surface area contributed by atoms with Crippen molar-refractivity contribution in [1.82, 2.24) is 14.7 Å². The molecule has 25 heavy (non-hydrogen) atoms. The van der Waals surface area contributed by atoms with E-state index in [2.05, 4.69) is 5.10 Å². The number of para-hydroxylation sites is 1. The maximum atomic E-state index is 12.8. The molecule has 2 unspecified atom stereocenters. The highest BCUT2D eigenvalue weighted by atomic mass is 32.2. The highest BCUT2D eigenvalue weighted by molar-refractivity contribution is 7.91. The van der Waals surface area contributed by atoms with Crippen LogP contribution in [-0.2, 0) is 9.84 Å². The van der Waals surface area contributed by atoms with Crippen molar-refractivity contribution in [2.45, 2.75) is 37.0 Å². The normalized spacial score (nSPS) is 21.0. The van der Waals surface area contributed by atoms with E-state index in [4.69, 9.17) is 0 Å². The number of rotatable bonds is 4. The predicted octanol–water partition coefficient (Wildman–Crippen LogP) is 2.30. The van der Waals surface area contributed by atoms with Crippen molar-refractivity contribution in [3.05, 3.63) is 48.3 Å². The molecule has 0 radical (unpaired) electrons. The lowest BCUT2D eigenvalue weighted by Crippen LogP contribution is -2.49. The summed E-state index contributed by atoms with van der Waals surface area (Å²) in [6.07, 6.45) is 6.15. The highest BCUT2D eigenvalue weighted by Crippen LogP contribution is 2.28. The molecule has 0 N–H and O–H groups in total. The molecule has 1 fully saturated rings. The molecule has 7 heteroatoms. The van der Waals surface area contributed by atoms with Crippen molar-refractivity contribution in [2.24, 2.45) is 0 Å². The molecule has 0 spiro atoms. The monoisotopic (exact) mass is 361 g/mol. The molecule has 0 bridgehead atoms. The number of aromatic nitrogens is 2. The lowest BCUT2D eigenvalue weighted by Gasteiger charge is -2.36. The van der Waals surface area contributed by atoms with Gasteiger partial charge in [0.1, 0.15) is 0 Å². The van der Waals surface area contributed by atoms with Crippen molar-refractivity contribution in [2.75, 3.05) is 13.3 Å². The Morgan fingerprint density at radius 3 is 2.52 bits per heavy atom. The minimum atomic E-state index is -3.19. The van der Waals surface area contributed by atoms with Crippen LogP contribution in [0.5, 0.6) is 0 Å². The van der Waals surface area contributed by atoms with Crippen LogP contribution in [0.15, 0.2) is 42.6 Å². The van der Waals surface area contributed by atoms with Crippen molar-refractivity contribution < 1.29 is 13.2 Å². The topological polar surface area (TPSA) is 72.3 Å². The summed E-state index contributed by atoms with van der Waals surface area (Å²) in [6.45, 7) is 0. The Balaban J connectivity index is 1.81. The Bertz CT molecular complexity index is 845. The van der Waals surface area contributed by atoms with Crippen LogP contribution in [0.4, 0.5) is 0 Å². The van der Waals surface area contributed by atoms with Crippen LogP contribution in [0.2, 0.25) is 0 Å². The van der Waals surface area contributed by atoms with E-state index in [-0.39, 0.29) is 11.9 Å². The van der Waals surface area contributed by atoms with E-state index in [1.54, 1.807) is 28.9 Å². The van der Waals surface area contributed by atoms with E-state index in [1.165, 1.54) is 6.26 Å². The molecule has 1 aliphatic carbocycles. The van der Waals surface area contributed by atoms with E-state index in [0.717, 1.165) is 18.5 Å². The van der Waals surface area contributed by atoms with Crippen LogP contribution in [0.1, 0.15) is 36.2 Å². The third kappa shape index (κ3) is 3.76. The summed E-state index contributed by atoms with van der Waals surface area (Å²) in [6, 6.07) is 10.9. The maximum Gasteiger partial charge on any atom is 0.274 e. The van der Waals surface area contributed by atoms with Gasteiger partial charge in [-0.1, -0.05) is 31.0 Å². The molecule has 1 aliphatic rings. The first kappa shape index (κ1) is 17.7. The van der Waals surface area contributed by atoms with Crippen LogP contribution in [-0.4, -0.2) is 53.6 Å². The zero-order valence-electron chi connectivity index (χ0n) is 14.5. The van der Waals surface area contributed by atoms with Crippen LogP contribution in [0.25, 0.3) is 5.69 Å². The van der Waals surface area contributed by atoms with Gasteiger partial charge in [0.15, 0.2) is 15.5 Å². The van der Waals surface area contributed by atoms with E-state index in [0.29, 0.717) is 18.5 Å². The molecular formula is C18H23N3O3S. The second-order valence-electron chi connectivity index (χ2n) is 6.62. The van der Waals surface area contributed by atoms with Crippen LogP contribution >= 0.6 is 0 Å². The van der Waals surface area contributed by atoms with Crippen molar-refractivity contribution in [3.8, 4) is 5.69 Å². The summed E-state index contributed by atoms with van der Waals surface area (Å²) in [4.78, 5) is 14.4. The fourth-order valence-corrected chi connectivity index (χ4v) is 5.00. The van der Waals surface area contributed by atoms with Gasteiger partial charge in [0, 0.05) is 25.5 Å². The molecule has 1 aromatic heterocycles. The zero-order chi connectivity index (χ0) is 18.0. The number of hydrogen-bond acceptors (Lipinski definition) is 4. The SMILES string of the molecule is CN(C(=O)c1ccn(-c2ccccc2)n1)C1CCCCC1S(C)(=O)=O. The molecule has 3 rings (SSSR count). The van der Waals surface area contributed by atoms with Crippen molar-refractivity contribution in [3.63, 3.8) is 0 Å². The summed E-state index contributed by atoms with van der Waals surface area (Å²) in [5.74, 6) is -0.241. The summed E-state index contributed by atoms with van der Waals surface area (Å²) < 4.78 is 25.8. The van der Waals surface area contributed by atoms with Crippen molar-refractivity contribution >= 4 is 15.7 Å². The zero-order valence-corrected chi connectivity index (χ0v) is 15.3. The first-order chi connectivity index (χ1) is 11.9. The Morgan fingerprint density at radius 2 is 1.84 bits per heavy atom. The molecule has 1 heterocycles. The molecule has 2 aromatic rings. The molecule has 2 atom stereocenters. The second-order valence-corrected chi connectivity index (χ2v) is 8.88.